The standard InChI is InChI=1S/C20H41NO4/c1-9-12-18(3,4)20(7,8)23-15-13-19(5,6)25-17(22)24-16(2)11-10-14-21/h16H,9-15,21H2,1-8H3. The highest BCUT2D eigenvalue weighted by atomic mass is 16.7. The summed E-state index contributed by atoms with van der Waals surface area (Å²) in [7, 11) is 0. The summed E-state index contributed by atoms with van der Waals surface area (Å²) in [5.74, 6) is 0. The minimum Gasteiger partial charge on any atom is -0.431 e. The summed E-state index contributed by atoms with van der Waals surface area (Å²) in [6, 6.07) is 0. The molecule has 0 rings (SSSR count). The van der Waals surface area contributed by atoms with Gasteiger partial charge in [-0.1, -0.05) is 27.2 Å². The van der Waals surface area contributed by atoms with Gasteiger partial charge in [0.05, 0.1) is 12.2 Å². The molecular formula is C20H41NO4. The zero-order valence-electron chi connectivity index (χ0n) is 17.7. The fraction of sp³-hybridized carbons (Fsp3) is 0.950. The Hall–Kier alpha value is -0.810. The Morgan fingerprint density at radius 3 is 2.20 bits per heavy atom. The van der Waals surface area contributed by atoms with Crippen molar-refractivity contribution in [2.24, 2.45) is 11.1 Å². The van der Waals surface area contributed by atoms with Crippen molar-refractivity contribution in [1.29, 1.82) is 0 Å². The molecule has 1 atom stereocenters. The summed E-state index contributed by atoms with van der Waals surface area (Å²) < 4.78 is 16.9. The number of carbonyl (C=O) groups excluding carboxylic acids is 1. The molecule has 0 spiro atoms. The van der Waals surface area contributed by atoms with Crippen molar-refractivity contribution < 1.29 is 19.0 Å². The summed E-state index contributed by atoms with van der Waals surface area (Å²) >= 11 is 0. The van der Waals surface area contributed by atoms with E-state index in [1.165, 1.54) is 0 Å². The summed E-state index contributed by atoms with van der Waals surface area (Å²) in [6.45, 7) is 17.7. The number of rotatable bonds is 12. The largest absolute Gasteiger partial charge is 0.509 e. The Morgan fingerprint density at radius 1 is 1.08 bits per heavy atom. The molecule has 25 heavy (non-hydrogen) atoms. The van der Waals surface area contributed by atoms with Crippen LogP contribution >= 0.6 is 0 Å². The summed E-state index contributed by atoms with van der Waals surface area (Å²) in [5, 5.41) is 0. The molecule has 5 heteroatoms. The van der Waals surface area contributed by atoms with E-state index in [0.717, 1.165) is 25.7 Å². The predicted molar refractivity (Wildman–Crippen MR) is 103 cm³/mol. The monoisotopic (exact) mass is 359 g/mol. The quantitative estimate of drug-likeness (QED) is 0.493. The van der Waals surface area contributed by atoms with Crippen molar-refractivity contribution in [2.45, 2.75) is 105 Å². The van der Waals surface area contributed by atoms with Crippen LogP contribution in [0.4, 0.5) is 4.79 Å². The normalized spacial score (nSPS) is 14.3. The molecule has 5 nitrogen and oxygen atoms in total. The lowest BCUT2D eigenvalue weighted by Gasteiger charge is -2.42. The SMILES string of the molecule is CCCC(C)(C)C(C)(C)OCCC(C)(C)OC(=O)OC(C)CCCN. The lowest BCUT2D eigenvalue weighted by Crippen LogP contribution is -2.43. The van der Waals surface area contributed by atoms with Crippen LogP contribution in [-0.2, 0) is 14.2 Å². The topological polar surface area (TPSA) is 70.8 Å². The first-order valence-corrected chi connectivity index (χ1v) is 9.60. The van der Waals surface area contributed by atoms with Crippen LogP contribution in [-0.4, -0.2) is 36.6 Å². The van der Waals surface area contributed by atoms with Gasteiger partial charge in [-0.3, -0.25) is 0 Å². The van der Waals surface area contributed by atoms with Crippen molar-refractivity contribution in [2.75, 3.05) is 13.2 Å². The van der Waals surface area contributed by atoms with E-state index < -0.39 is 11.8 Å². The van der Waals surface area contributed by atoms with Crippen LogP contribution in [0.3, 0.4) is 0 Å². The average molecular weight is 360 g/mol. The van der Waals surface area contributed by atoms with E-state index in [-0.39, 0.29) is 17.1 Å². The number of carbonyl (C=O) groups is 1. The maximum atomic E-state index is 11.9. The maximum Gasteiger partial charge on any atom is 0.509 e. The molecule has 0 aliphatic rings. The summed E-state index contributed by atoms with van der Waals surface area (Å²) in [5.41, 5.74) is 4.68. The third-order valence-corrected chi connectivity index (χ3v) is 5.14. The van der Waals surface area contributed by atoms with Gasteiger partial charge in [0.25, 0.3) is 0 Å². The first-order valence-electron chi connectivity index (χ1n) is 9.60. The smallest absolute Gasteiger partial charge is 0.431 e. The predicted octanol–water partition coefficient (Wildman–Crippen LogP) is 5.06. The number of nitrogens with two attached hydrogens (primary N) is 1. The van der Waals surface area contributed by atoms with Crippen molar-refractivity contribution in [1.82, 2.24) is 0 Å². The zero-order chi connectivity index (χ0) is 19.7. The van der Waals surface area contributed by atoms with E-state index in [0.29, 0.717) is 19.6 Å². The molecule has 0 aliphatic heterocycles. The highest BCUT2D eigenvalue weighted by Crippen LogP contribution is 2.38. The fourth-order valence-corrected chi connectivity index (χ4v) is 2.60. The van der Waals surface area contributed by atoms with Crippen LogP contribution in [0.25, 0.3) is 0 Å². The third-order valence-electron chi connectivity index (χ3n) is 5.14. The molecule has 0 aliphatic carbocycles. The molecule has 0 aromatic heterocycles. The molecule has 2 N–H and O–H groups in total. The Labute approximate surface area is 155 Å². The lowest BCUT2D eigenvalue weighted by atomic mass is 9.74. The summed E-state index contributed by atoms with van der Waals surface area (Å²) in [4.78, 5) is 11.9. The van der Waals surface area contributed by atoms with E-state index in [4.69, 9.17) is 19.9 Å². The lowest BCUT2D eigenvalue weighted by molar-refractivity contribution is -0.117. The van der Waals surface area contributed by atoms with Crippen molar-refractivity contribution in [3.05, 3.63) is 0 Å². The van der Waals surface area contributed by atoms with E-state index >= 15 is 0 Å². The van der Waals surface area contributed by atoms with E-state index in [9.17, 15) is 4.79 Å². The van der Waals surface area contributed by atoms with Crippen LogP contribution in [0.5, 0.6) is 0 Å². The third kappa shape index (κ3) is 9.45. The second kappa shape index (κ2) is 10.4. The first-order chi connectivity index (χ1) is 11.4. The molecule has 0 bridgehead atoms. The molecule has 0 fully saturated rings. The van der Waals surface area contributed by atoms with Gasteiger partial charge in [0.15, 0.2) is 0 Å². The van der Waals surface area contributed by atoms with E-state index in [1.807, 2.05) is 20.8 Å². The van der Waals surface area contributed by atoms with Gasteiger partial charge in [0.2, 0.25) is 0 Å². The average Bonchev–Trinajstić information content (AvgIpc) is 2.43. The highest BCUT2D eigenvalue weighted by molar-refractivity contribution is 5.60. The van der Waals surface area contributed by atoms with Crippen molar-refractivity contribution >= 4 is 6.16 Å². The Kier molecular flexibility index (Phi) is 10.0. The zero-order valence-corrected chi connectivity index (χ0v) is 17.7. The molecule has 0 aromatic carbocycles. The second-order valence-corrected chi connectivity index (χ2v) is 8.71. The van der Waals surface area contributed by atoms with E-state index in [1.54, 1.807) is 0 Å². The molecule has 0 radical (unpaired) electrons. The molecule has 0 saturated heterocycles. The number of ether oxygens (including phenoxy) is 3. The van der Waals surface area contributed by atoms with Gasteiger partial charge in [0.1, 0.15) is 11.7 Å². The van der Waals surface area contributed by atoms with Gasteiger partial charge in [-0.15, -0.1) is 0 Å². The van der Waals surface area contributed by atoms with Crippen molar-refractivity contribution in [3.63, 3.8) is 0 Å². The van der Waals surface area contributed by atoms with E-state index in [2.05, 4.69) is 34.6 Å². The van der Waals surface area contributed by atoms with Crippen LogP contribution in [0.15, 0.2) is 0 Å². The van der Waals surface area contributed by atoms with Gasteiger partial charge < -0.3 is 19.9 Å². The molecule has 0 saturated carbocycles. The second-order valence-electron chi connectivity index (χ2n) is 8.71. The Morgan fingerprint density at radius 2 is 1.68 bits per heavy atom. The van der Waals surface area contributed by atoms with Crippen LogP contribution in [0.2, 0.25) is 0 Å². The molecule has 0 amide bonds. The van der Waals surface area contributed by atoms with Gasteiger partial charge in [-0.25, -0.2) is 4.79 Å². The molecular weight excluding hydrogens is 318 g/mol. The van der Waals surface area contributed by atoms with Crippen LogP contribution in [0, 0.1) is 5.41 Å². The van der Waals surface area contributed by atoms with Gasteiger partial charge >= 0.3 is 6.16 Å². The van der Waals surface area contributed by atoms with Crippen molar-refractivity contribution in [3.8, 4) is 0 Å². The molecule has 0 aromatic rings. The highest BCUT2D eigenvalue weighted by Gasteiger charge is 2.37. The molecule has 150 valence electrons. The first kappa shape index (κ1) is 24.2. The van der Waals surface area contributed by atoms with Crippen LogP contribution < -0.4 is 5.73 Å². The molecule has 1 unspecified atom stereocenters. The number of hydrogen-bond donors (Lipinski definition) is 1. The Balaban J connectivity index is 4.37. The number of hydrogen-bond acceptors (Lipinski definition) is 5. The molecule has 0 heterocycles. The van der Waals surface area contributed by atoms with Gasteiger partial charge in [-0.05, 0) is 65.8 Å². The van der Waals surface area contributed by atoms with Crippen LogP contribution in [0.1, 0.15) is 87.5 Å². The minimum atomic E-state index is -0.629. The Bertz CT molecular complexity index is 391. The fourth-order valence-electron chi connectivity index (χ4n) is 2.60. The maximum absolute atomic E-state index is 11.9. The summed E-state index contributed by atoms with van der Waals surface area (Å²) in [6.07, 6.45) is 3.61. The van der Waals surface area contributed by atoms with Gasteiger partial charge in [-0.2, -0.15) is 0 Å². The van der Waals surface area contributed by atoms with Gasteiger partial charge in [0, 0.05) is 6.42 Å². The minimum absolute atomic E-state index is 0.0874.